The van der Waals surface area contributed by atoms with Crippen molar-refractivity contribution in [3.63, 3.8) is 0 Å². The van der Waals surface area contributed by atoms with Gasteiger partial charge in [0.1, 0.15) is 11.6 Å². The molecular weight excluding hydrogens is 284 g/mol. The molecule has 3 rings (SSSR count). The van der Waals surface area contributed by atoms with Crippen LogP contribution in [-0.2, 0) is 9.59 Å². The molecule has 3 fully saturated rings. The minimum Gasteiger partial charge on any atom is -0.299 e. The summed E-state index contributed by atoms with van der Waals surface area (Å²) in [5.74, 6) is 3.69. The maximum atomic E-state index is 12.6. The molecule has 0 aromatic heterocycles. The van der Waals surface area contributed by atoms with Gasteiger partial charge in [0.2, 0.25) is 0 Å². The van der Waals surface area contributed by atoms with Gasteiger partial charge in [0.15, 0.2) is 0 Å². The predicted molar refractivity (Wildman–Crippen MR) is 93.2 cm³/mol. The van der Waals surface area contributed by atoms with Crippen molar-refractivity contribution in [1.82, 2.24) is 0 Å². The molecule has 0 heterocycles. The molecule has 0 radical (unpaired) electrons. The fourth-order valence-electron chi connectivity index (χ4n) is 5.55. The molecule has 0 spiro atoms. The molecule has 2 heteroatoms. The van der Waals surface area contributed by atoms with E-state index in [9.17, 15) is 9.59 Å². The monoisotopic (exact) mass is 318 g/mol. The minimum atomic E-state index is 0.251. The number of fused-ring (bicyclic) bond motifs is 1. The molecule has 0 aliphatic heterocycles. The molecule has 3 aliphatic rings. The molecule has 0 aromatic rings. The van der Waals surface area contributed by atoms with E-state index in [2.05, 4.69) is 6.92 Å². The molecule has 0 saturated heterocycles. The highest BCUT2D eigenvalue weighted by molar-refractivity contribution is 5.88. The van der Waals surface area contributed by atoms with Crippen LogP contribution in [0.4, 0.5) is 0 Å². The van der Waals surface area contributed by atoms with Gasteiger partial charge >= 0.3 is 0 Å². The van der Waals surface area contributed by atoms with E-state index in [4.69, 9.17) is 0 Å². The number of carbonyl (C=O) groups is 2. The Balaban J connectivity index is 1.43. The molecule has 0 aromatic carbocycles. The Hall–Kier alpha value is -0.660. The molecule has 5 unspecified atom stereocenters. The SMILES string of the molecule is CC1CCCC(C(=O)CCC(=O)C2CCC3CCCCC3C2)C1. The number of Topliss-reactive ketones (excluding diaryl/α,β-unsaturated/α-hetero) is 2. The first-order chi connectivity index (χ1) is 11.1. The van der Waals surface area contributed by atoms with E-state index in [0.717, 1.165) is 37.5 Å². The van der Waals surface area contributed by atoms with Crippen LogP contribution in [0.5, 0.6) is 0 Å². The van der Waals surface area contributed by atoms with Crippen molar-refractivity contribution in [3.05, 3.63) is 0 Å². The summed E-state index contributed by atoms with van der Waals surface area (Å²) in [6.07, 6.45) is 14.6. The smallest absolute Gasteiger partial charge is 0.136 e. The van der Waals surface area contributed by atoms with E-state index < -0.39 is 0 Å². The number of ketones is 2. The molecular formula is C21H34O2. The van der Waals surface area contributed by atoms with Crippen LogP contribution in [0.15, 0.2) is 0 Å². The number of hydrogen-bond donors (Lipinski definition) is 0. The van der Waals surface area contributed by atoms with E-state index >= 15 is 0 Å². The van der Waals surface area contributed by atoms with Gasteiger partial charge in [-0.2, -0.15) is 0 Å². The van der Waals surface area contributed by atoms with Crippen LogP contribution in [0, 0.1) is 29.6 Å². The number of rotatable bonds is 5. The standard InChI is InChI=1S/C21H34O2/c1-15-5-4-8-18(13-15)20(22)11-12-21(23)19-10-9-16-6-2-3-7-17(16)14-19/h15-19H,2-14H2,1H3. The Bertz CT molecular complexity index is 428. The second kappa shape index (κ2) is 7.94. The summed E-state index contributed by atoms with van der Waals surface area (Å²) in [5, 5.41) is 0. The fourth-order valence-corrected chi connectivity index (χ4v) is 5.55. The Labute approximate surface area is 141 Å². The van der Waals surface area contributed by atoms with E-state index in [-0.39, 0.29) is 11.8 Å². The lowest BCUT2D eigenvalue weighted by Crippen LogP contribution is -2.31. The van der Waals surface area contributed by atoms with Crippen molar-refractivity contribution in [2.75, 3.05) is 0 Å². The predicted octanol–water partition coefficient (Wildman–Crippen LogP) is 5.34. The number of hydrogen-bond acceptors (Lipinski definition) is 2. The van der Waals surface area contributed by atoms with E-state index in [1.54, 1.807) is 0 Å². The zero-order chi connectivity index (χ0) is 16.2. The van der Waals surface area contributed by atoms with Gasteiger partial charge in [-0.25, -0.2) is 0 Å². The van der Waals surface area contributed by atoms with Crippen molar-refractivity contribution in [3.8, 4) is 0 Å². The van der Waals surface area contributed by atoms with Gasteiger partial charge < -0.3 is 0 Å². The summed E-state index contributed by atoms with van der Waals surface area (Å²) in [6.45, 7) is 2.26. The molecule has 2 nitrogen and oxygen atoms in total. The second-order valence-corrected chi connectivity index (χ2v) is 8.72. The van der Waals surface area contributed by atoms with Crippen LogP contribution in [0.2, 0.25) is 0 Å². The van der Waals surface area contributed by atoms with Crippen LogP contribution in [0.3, 0.4) is 0 Å². The van der Waals surface area contributed by atoms with Crippen LogP contribution in [-0.4, -0.2) is 11.6 Å². The van der Waals surface area contributed by atoms with Gasteiger partial charge in [0, 0.05) is 24.7 Å². The summed E-state index contributed by atoms with van der Waals surface area (Å²) in [4.78, 5) is 25.0. The highest BCUT2D eigenvalue weighted by Gasteiger charge is 2.35. The first-order valence-corrected chi connectivity index (χ1v) is 10.2. The molecule has 3 saturated carbocycles. The first-order valence-electron chi connectivity index (χ1n) is 10.2. The van der Waals surface area contributed by atoms with Crippen molar-refractivity contribution in [1.29, 1.82) is 0 Å². The van der Waals surface area contributed by atoms with Gasteiger partial charge in [0.25, 0.3) is 0 Å². The van der Waals surface area contributed by atoms with E-state index in [0.29, 0.717) is 30.3 Å². The lowest BCUT2D eigenvalue weighted by Gasteiger charge is -2.38. The molecule has 23 heavy (non-hydrogen) atoms. The topological polar surface area (TPSA) is 34.1 Å². The zero-order valence-corrected chi connectivity index (χ0v) is 14.9. The van der Waals surface area contributed by atoms with Gasteiger partial charge in [-0.1, -0.05) is 45.4 Å². The van der Waals surface area contributed by atoms with Crippen molar-refractivity contribution >= 4 is 11.6 Å². The summed E-state index contributed by atoms with van der Waals surface area (Å²) < 4.78 is 0. The average Bonchev–Trinajstić information content (AvgIpc) is 2.59. The molecule has 0 amide bonds. The third kappa shape index (κ3) is 4.45. The minimum absolute atomic E-state index is 0.251. The van der Waals surface area contributed by atoms with Crippen LogP contribution < -0.4 is 0 Å². The van der Waals surface area contributed by atoms with Crippen molar-refractivity contribution < 1.29 is 9.59 Å². The summed E-state index contributed by atoms with van der Waals surface area (Å²) in [7, 11) is 0. The average molecular weight is 319 g/mol. The van der Waals surface area contributed by atoms with Gasteiger partial charge in [0.05, 0.1) is 0 Å². The summed E-state index contributed by atoms with van der Waals surface area (Å²) in [6, 6.07) is 0. The normalized spacial score (nSPS) is 37.9. The third-order valence-corrected chi connectivity index (χ3v) is 7.00. The van der Waals surface area contributed by atoms with Gasteiger partial charge in [-0.15, -0.1) is 0 Å². The Kier molecular flexibility index (Phi) is 5.93. The Morgan fingerprint density at radius 1 is 0.696 bits per heavy atom. The number of carbonyl (C=O) groups excluding carboxylic acids is 2. The summed E-state index contributed by atoms with van der Waals surface area (Å²) in [5.41, 5.74) is 0. The molecule has 3 aliphatic carbocycles. The lowest BCUT2D eigenvalue weighted by molar-refractivity contribution is -0.130. The van der Waals surface area contributed by atoms with E-state index in [1.807, 2.05) is 0 Å². The largest absolute Gasteiger partial charge is 0.299 e. The fraction of sp³-hybridized carbons (Fsp3) is 0.905. The van der Waals surface area contributed by atoms with E-state index in [1.165, 1.54) is 44.9 Å². The molecule has 0 N–H and O–H groups in total. The summed E-state index contributed by atoms with van der Waals surface area (Å²) >= 11 is 0. The molecule has 130 valence electrons. The van der Waals surface area contributed by atoms with Crippen molar-refractivity contribution in [2.45, 2.75) is 90.4 Å². The van der Waals surface area contributed by atoms with Crippen LogP contribution >= 0.6 is 0 Å². The quantitative estimate of drug-likeness (QED) is 0.686. The Morgan fingerprint density at radius 2 is 1.35 bits per heavy atom. The second-order valence-electron chi connectivity index (χ2n) is 8.72. The van der Waals surface area contributed by atoms with Gasteiger partial charge in [-0.3, -0.25) is 9.59 Å². The first kappa shape index (κ1) is 17.2. The lowest BCUT2D eigenvalue weighted by atomic mass is 9.66. The molecule has 0 bridgehead atoms. The van der Waals surface area contributed by atoms with Crippen LogP contribution in [0.25, 0.3) is 0 Å². The maximum absolute atomic E-state index is 12.6. The third-order valence-electron chi connectivity index (χ3n) is 7.00. The highest BCUT2D eigenvalue weighted by atomic mass is 16.1. The zero-order valence-electron chi connectivity index (χ0n) is 14.9. The highest BCUT2D eigenvalue weighted by Crippen LogP contribution is 2.43. The molecule has 5 atom stereocenters. The Morgan fingerprint density at radius 3 is 2.04 bits per heavy atom. The maximum Gasteiger partial charge on any atom is 0.136 e. The van der Waals surface area contributed by atoms with Crippen molar-refractivity contribution in [2.24, 2.45) is 29.6 Å². The van der Waals surface area contributed by atoms with Crippen LogP contribution in [0.1, 0.15) is 90.4 Å². The van der Waals surface area contributed by atoms with Gasteiger partial charge in [-0.05, 0) is 49.9 Å².